The van der Waals surface area contributed by atoms with E-state index in [0.717, 1.165) is 68.5 Å². The third-order valence-corrected chi connectivity index (χ3v) is 7.29. The molecule has 0 radical (unpaired) electrons. The third kappa shape index (κ3) is 3.56. The number of aromatic nitrogens is 8. The molecule has 1 aliphatic carbocycles. The molecule has 0 saturated heterocycles. The molecule has 0 saturated carbocycles. The summed E-state index contributed by atoms with van der Waals surface area (Å²) in [5.74, 6) is -0.155. The number of benzene rings is 2. The molecular weight excluding hydrogens is 466 g/mol. The lowest BCUT2D eigenvalue weighted by Crippen LogP contribution is -2.29. The first-order valence-corrected chi connectivity index (χ1v) is 12.2. The van der Waals surface area contributed by atoms with Crippen LogP contribution in [-0.2, 0) is 17.6 Å². The number of carbonyl (C=O) groups excluding carboxylic acids is 1. The van der Waals surface area contributed by atoms with Crippen molar-refractivity contribution in [1.29, 1.82) is 0 Å². The average Bonchev–Trinajstić information content (AvgIpc) is 3.70. The molecule has 1 aliphatic rings. The van der Waals surface area contributed by atoms with E-state index >= 15 is 0 Å². The zero-order valence-corrected chi connectivity index (χ0v) is 20.1. The van der Waals surface area contributed by atoms with Crippen LogP contribution in [0, 0.1) is 12.8 Å². The summed E-state index contributed by atoms with van der Waals surface area (Å²) >= 11 is 0. The molecule has 10 nitrogen and oxygen atoms in total. The number of nitrogens with one attached hydrogen (secondary N) is 3. The van der Waals surface area contributed by atoms with E-state index in [2.05, 4.69) is 35.9 Å². The van der Waals surface area contributed by atoms with Gasteiger partial charge in [-0.25, -0.2) is 4.98 Å². The van der Waals surface area contributed by atoms with Crippen LogP contribution in [0.5, 0.6) is 0 Å². The van der Waals surface area contributed by atoms with Gasteiger partial charge in [0.15, 0.2) is 0 Å². The second-order valence-corrected chi connectivity index (χ2v) is 9.46. The van der Waals surface area contributed by atoms with Gasteiger partial charge in [0.05, 0.1) is 29.1 Å². The summed E-state index contributed by atoms with van der Waals surface area (Å²) in [5, 5.41) is 27.6. The molecule has 4 heterocycles. The van der Waals surface area contributed by atoms with Crippen LogP contribution < -0.4 is 5.32 Å². The van der Waals surface area contributed by atoms with Crippen LogP contribution in [0.4, 0.5) is 5.69 Å². The highest BCUT2D eigenvalue weighted by molar-refractivity contribution is 6.08. The van der Waals surface area contributed by atoms with Crippen molar-refractivity contribution >= 4 is 33.4 Å². The van der Waals surface area contributed by atoms with Crippen molar-refractivity contribution in [2.45, 2.75) is 26.2 Å². The highest BCUT2D eigenvalue weighted by atomic mass is 16.1. The molecule has 2 aromatic carbocycles. The van der Waals surface area contributed by atoms with Crippen LogP contribution in [0.3, 0.4) is 0 Å². The Kier molecular flexibility index (Phi) is 4.85. The number of hydrogen-bond donors (Lipinski definition) is 3. The summed E-state index contributed by atoms with van der Waals surface area (Å²) in [6, 6.07) is 11.7. The number of nitrogens with zero attached hydrogens (tertiary/aromatic N) is 6. The number of hydrogen-bond acceptors (Lipinski definition) is 6. The van der Waals surface area contributed by atoms with E-state index in [-0.39, 0.29) is 11.8 Å². The van der Waals surface area contributed by atoms with Gasteiger partial charge in [-0.2, -0.15) is 10.2 Å². The van der Waals surface area contributed by atoms with Crippen LogP contribution in [0.1, 0.15) is 23.2 Å². The van der Waals surface area contributed by atoms with Gasteiger partial charge in [0, 0.05) is 39.3 Å². The Hall–Kier alpha value is -4.86. The predicted molar refractivity (Wildman–Crippen MR) is 139 cm³/mol. The Labute approximate surface area is 211 Å². The van der Waals surface area contributed by atoms with Crippen molar-refractivity contribution in [2.75, 3.05) is 5.32 Å². The van der Waals surface area contributed by atoms with Gasteiger partial charge in [-0.05, 0) is 73.7 Å². The van der Waals surface area contributed by atoms with E-state index in [1.807, 2.05) is 60.3 Å². The molecule has 10 heteroatoms. The molecule has 0 fully saturated rings. The van der Waals surface area contributed by atoms with Gasteiger partial charge >= 0.3 is 0 Å². The number of carbonyl (C=O) groups is 1. The van der Waals surface area contributed by atoms with Gasteiger partial charge < -0.3 is 5.32 Å². The van der Waals surface area contributed by atoms with Crippen LogP contribution in [0.15, 0.2) is 61.4 Å². The van der Waals surface area contributed by atoms with Crippen LogP contribution in [0.2, 0.25) is 0 Å². The number of H-pyrrole nitrogens is 2. The standard InChI is InChI=1S/C27H23N9O/c1-15-21(11-28-34-15)26-20-10-16(27(37)32-17-3-5-18(6-4-17)36-13-30-31-14-36)2-7-19(20)25-22-12-29-35-23(22)8-9-24(25)33-26/h3-6,8-9,11-14,16H,2,7,10H2,1H3,(H,28,34)(H,29,35)(H,32,37). The second kappa shape index (κ2) is 8.37. The molecule has 3 N–H and O–H groups in total. The molecule has 182 valence electrons. The lowest BCUT2D eigenvalue weighted by molar-refractivity contribution is -0.120. The van der Waals surface area contributed by atoms with Crippen LogP contribution in [-0.4, -0.2) is 46.1 Å². The third-order valence-electron chi connectivity index (χ3n) is 7.29. The zero-order valence-electron chi connectivity index (χ0n) is 20.1. The topological polar surface area (TPSA) is 130 Å². The summed E-state index contributed by atoms with van der Waals surface area (Å²) in [6.07, 6.45) is 9.12. The molecule has 0 bridgehead atoms. The van der Waals surface area contributed by atoms with Gasteiger partial charge in [-0.1, -0.05) is 0 Å². The maximum Gasteiger partial charge on any atom is 0.227 e. The smallest absolute Gasteiger partial charge is 0.227 e. The first-order chi connectivity index (χ1) is 18.2. The van der Waals surface area contributed by atoms with Gasteiger partial charge in [-0.15, -0.1) is 10.2 Å². The largest absolute Gasteiger partial charge is 0.326 e. The number of anilines is 1. The lowest BCUT2D eigenvalue weighted by Gasteiger charge is -2.27. The molecule has 1 atom stereocenters. The number of pyridine rings is 1. The number of fused-ring (bicyclic) bond motifs is 5. The average molecular weight is 490 g/mol. The number of aryl methyl sites for hydroxylation is 2. The minimum atomic E-state index is -0.168. The minimum absolute atomic E-state index is 0.0131. The first kappa shape index (κ1) is 21.4. The maximum absolute atomic E-state index is 13.4. The molecule has 1 amide bonds. The number of amides is 1. The first-order valence-electron chi connectivity index (χ1n) is 12.2. The molecule has 6 aromatic rings. The lowest BCUT2D eigenvalue weighted by atomic mass is 9.79. The van der Waals surface area contributed by atoms with Crippen molar-refractivity contribution in [3.8, 4) is 16.9 Å². The SMILES string of the molecule is Cc1[nH]ncc1-c1nc2ccc3[nH]ncc3c2c2c1CC(C(=O)Nc1ccc(-n3cnnc3)cc1)CC2. The summed E-state index contributed by atoms with van der Waals surface area (Å²) in [7, 11) is 0. The van der Waals surface area contributed by atoms with Gasteiger partial charge in [0.25, 0.3) is 0 Å². The van der Waals surface area contributed by atoms with Crippen molar-refractivity contribution in [1.82, 2.24) is 40.1 Å². The monoisotopic (exact) mass is 489 g/mol. The van der Waals surface area contributed by atoms with Crippen molar-refractivity contribution in [3.63, 3.8) is 0 Å². The predicted octanol–water partition coefficient (Wildman–Crippen LogP) is 4.13. The minimum Gasteiger partial charge on any atom is -0.326 e. The molecule has 0 spiro atoms. The Morgan fingerprint density at radius 2 is 1.81 bits per heavy atom. The maximum atomic E-state index is 13.4. The van der Waals surface area contributed by atoms with Crippen molar-refractivity contribution < 1.29 is 4.79 Å². The van der Waals surface area contributed by atoms with E-state index < -0.39 is 0 Å². The molecule has 37 heavy (non-hydrogen) atoms. The van der Waals surface area contributed by atoms with Gasteiger partial charge in [-0.3, -0.25) is 19.6 Å². The Morgan fingerprint density at radius 1 is 1.00 bits per heavy atom. The quantitative estimate of drug-likeness (QED) is 0.341. The van der Waals surface area contributed by atoms with Gasteiger partial charge in [0.1, 0.15) is 12.7 Å². The fourth-order valence-electron chi connectivity index (χ4n) is 5.39. The van der Waals surface area contributed by atoms with Crippen molar-refractivity contribution in [3.05, 3.63) is 78.3 Å². The molecule has 4 aromatic heterocycles. The zero-order chi connectivity index (χ0) is 24.9. The van der Waals surface area contributed by atoms with Crippen LogP contribution in [0.25, 0.3) is 38.8 Å². The van der Waals surface area contributed by atoms with E-state index in [1.54, 1.807) is 12.7 Å². The summed E-state index contributed by atoms with van der Waals surface area (Å²) < 4.78 is 1.82. The number of rotatable bonds is 4. The normalized spacial score (nSPS) is 15.2. The summed E-state index contributed by atoms with van der Waals surface area (Å²) in [6.45, 7) is 2.00. The highest BCUT2D eigenvalue weighted by Gasteiger charge is 2.30. The van der Waals surface area contributed by atoms with E-state index in [0.29, 0.717) is 6.42 Å². The second-order valence-electron chi connectivity index (χ2n) is 9.46. The highest BCUT2D eigenvalue weighted by Crippen LogP contribution is 2.40. The fraction of sp³-hybridized carbons (Fsp3) is 0.185. The molecule has 0 aliphatic heterocycles. The van der Waals surface area contributed by atoms with E-state index in [1.165, 1.54) is 5.56 Å². The summed E-state index contributed by atoms with van der Waals surface area (Å²) in [4.78, 5) is 18.5. The molecular formula is C27H23N9O. The van der Waals surface area contributed by atoms with Gasteiger partial charge in [0.2, 0.25) is 5.91 Å². The Morgan fingerprint density at radius 3 is 2.59 bits per heavy atom. The fourth-order valence-corrected chi connectivity index (χ4v) is 5.39. The van der Waals surface area contributed by atoms with E-state index in [4.69, 9.17) is 4.98 Å². The molecule has 7 rings (SSSR count). The summed E-state index contributed by atoms with van der Waals surface area (Å²) in [5.41, 5.74) is 8.78. The Bertz CT molecular complexity index is 1760. The Balaban J connectivity index is 1.25. The van der Waals surface area contributed by atoms with Crippen molar-refractivity contribution in [2.24, 2.45) is 5.92 Å². The van der Waals surface area contributed by atoms with Crippen LogP contribution >= 0.6 is 0 Å². The van der Waals surface area contributed by atoms with E-state index in [9.17, 15) is 4.79 Å². The number of aromatic amines is 2. The molecule has 1 unspecified atom stereocenters.